The van der Waals surface area contributed by atoms with Crippen LogP contribution < -0.4 is 0 Å². The molecule has 17 heavy (non-hydrogen) atoms. The molecule has 1 atom stereocenters. The SMILES string of the molecule is O=C(CBr)Cc1ccc(C(O)C(=O)O)c(I)c1. The first-order valence-electron chi connectivity index (χ1n) is 4.72. The molecular weight excluding hydrogens is 403 g/mol. The van der Waals surface area contributed by atoms with E-state index in [-0.39, 0.29) is 5.78 Å². The van der Waals surface area contributed by atoms with E-state index in [9.17, 15) is 14.7 Å². The number of aliphatic hydroxyl groups excluding tert-OH is 1. The fourth-order valence-electron chi connectivity index (χ4n) is 1.31. The molecule has 0 aliphatic rings. The molecule has 4 nitrogen and oxygen atoms in total. The maximum atomic E-state index is 11.2. The molecule has 0 saturated heterocycles. The summed E-state index contributed by atoms with van der Waals surface area (Å²) in [6.07, 6.45) is -1.23. The summed E-state index contributed by atoms with van der Waals surface area (Å²) in [5.74, 6) is -1.24. The number of alkyl halides is 1. The molecule has 1 aromatic rings. The zero-order chi connectivity index (χ0) is 13.0. The summed E-state index contributed by atoms with van der Waals surface area (Å²) in [6, 6.07) is 4.91. The van der Waals surface area contributed by atoms with E-state index in [1.54, 1.807) is 12.1 Å². The summed E-state index contributed by atoms with van der Waals surface area (Å²) in [6.45, 7) is 0. The van der Waals surface area contributed by atoms with Crippen molar-refractivity contribution >= 4 is 50.3 Å². The van der Waals surface area contributed by atoms with E-state index >= 15 is 0 Å². The van der Waals surface area contributed by atoms with Crippen LogP contribution in [0.1, 0.15) is 17.2 Å². The molecule has 0 saturated carbocycles. The maximum absolute atomic E-state index is 11.2. The number of rotatable bonds is 5. The van der Waals surface area contributed by atoms with Crippen LogP contribution in [0.4, 0.5) is 0 Å². The Labute approximate surface area is 120 Å². The third kappa shape index (κ3) is 4.04. The Hall–Kier alpha value is -0.470. The van der Waals surface area contributed by atoms with Gasteiger partial charge in [0.1, 0.15) is 5.78 Å². The second-order valence-corrected chi connectivity index (χ2v) is 5.17. The van der Waals surface area contributed by atoms with Gasteiger partial charge >= 0.3 is 5.97 Å². The van der Waals surface area contributed by atoms with Gasteiger partial charge in [-0.05, 0) is 34.2 Å². The molecule has 0 fully saturated rings. The summed E-state index contributed by atoms with van der Waals surface area (Å²) in [5, 5.41) is 18.4. The molecule has 0 aromatic heterocycles. The van der Waals surface area contributed by atoms with Gasteiger partial charge in [0.25, 0.3) is 0 Å². The minimum Gasteiger partial charge on any atom is -0.479 e. The first kappa shape index (κ1) is 14.6. The first-order chi connectivity index (χ1) is 7.95. The molecule has 0 amide bonds. The van der Waals surface area contributed by atoms with Crippen LogP contribution >= 0.6 is 38.5 Å². The molecule has 0 aliphatic heterocycles. The van der Waals surface area contributed by atoms with Gasteiger partial charge in [0.2, 0.25) is 0 Å². The van der Waals surface area contributed by atoms with E-state index in [4.69, 9.17) is 5.11 Å². The van der Waals surface area contributed by atoms with Crippen molar-refractivity contribution in [1.29, 1.82) is 0 Å². The summed E-state index contributed by atoms with van der Waals surface area (Å²) in [7, 11) is 0. The highest BCUT2D eigenvalue weighted by Crippen LogP contribution is 2.22. The fourth-order valence-corrected chi connectivity index (χ4v) is 2.38. The number of ketones is 1. The van der Waals surface area contributed by atoms with E-state index < -0.39 is 12.1 Å². The van der Waals surface area contributed by atoms with Crippen molar-refractivity contribution in [1.82, 2.24) is 0 Å². The molecule has 1 unspecified atom stereocenters. The number of aliphatic carboxylic acids is 1. The molecule has 0 radical (unpaired) electrons. The molecule has 92 valence electrons. The molecule has 1 aromatic carbocycles. The highest BCUT2D eigenvalue weighted by atomic mass is 127. The number of carboxylic acid groups (broad SMARTS) is 1. The molecule has 6 heteroatoms. The number of hydrogen-bond acceptors (Lipinski definition) is 3. The van der Waals surface area contributed by atoms with Crippen LogP contribution in [0.25, 0.3) is 0 Å². The zero-order valence-corrected chi connectivity index (χ0v) is 12.4. The number of aliphatic hydroxyl groups is 1. The lowest BCUT2D eigenvalue weighted by molar-refractivity contribution is -0.147. The zero-order valence-electron chi connectivity index (χ0n) is 8.69. The van der Waals surface area contributed by atoms with Crippen molar-refractivity contribution in [2.24, 2.45) is 0 Å². The van der Waals surface area contributed by atoms with Gasteiger partial charge in [-0.2, -0.15) is 0 Å². The minimum absolute atomic E-state index is 0.0485. The predicted octanol–water partition coefficient (Wildman–Crippen LogP) is 1.92. The van der Waals surface area contributed by atoms with E-state index in [1.165, 1.54) is 6.07 Å². The van der Waals surface area contributed by atoms with Crippen LogP contribution in [0, 0.1) is 3.57 Å². The highest BCUT2D eigenvalue weighted by molar-refractivity contribution is 14.1. The summed E-state index contributed by atoms with van der Waals surface area (Å²) in [4.78, 5) is 21.9. The Morgan fingerprint density at radius 1 is 1.41 bits per heavy atom. The van der Waals surface area contributed by atoms with Crippen molar-refractivity contribution in [2.45, 2.75) is 12.5 Å². The van der Waals surface area contributed by atoms with Gasteiger partial charge in [0.15, 0.2) is 6.10 Å². The van der Waals surface area contributed by atoms with Crippen molar-refractivity contribution in [3.8, 4) is 0 Å². The minimum atomic E-state index is -1.53. The van der Waals surface area contributed by atoms with Crippen LogP contribution in [0.3, 0.4) is 0 Å². The lowest BCUT2D eigenvalue weighted by Crippen LogP contribution is -2.12. The van der Waals surface area contributed by atoms with Crippen molar-refractivity contribution < 1.29 is 19.8 Å². The molecule has 2 N–H and O–H groups in total. The van der Waals surface area contributed by atoms with E-state index in [1.807, 2.05) is 22.6 Å². The van der Waals surface area contributed by atoms with E-state index in [2.05, 4.69) is 15.9 Å². The highest BCUT2D eigenvalue weighted by Gasteiger charge is 2.18. The Kier molecular flexibility index (Phi) is 5.54. The van der Waals surface area contributed by atoms with Crippen LogP contribution in [-0.4, -0.2) is 27.3 Å². The monoisotopic (exact) mass is 412 g/mol. The average molecular weight is 413 g/mol. The number of carbonyl (C=O) groups is 2. The Morgan fingerprint density at radius 2 is 2.06 bits per heavy atom. The third-order valence-corrected chi connectivity index (χ3v) is 3.70. The number of hydrogen-bond donors (Lipinski definition) is 2. The lowest BCUT2D eigenvalue weighted by Gasteiger charge is -2.09. The average Bonchev–Trinajstić information content (AvgIpc) is 2.28. The van der Waals surface area contributed by atoms with Crippen LogP contribution in [0.15, 0.2) is 18.2 Å². The number of benzene rings is 1. The summed E-state index contributed by atoms with van der Waals surface area (Å²) >= 11 is 5.03. The summed E-state index contributed by atoms with van der Waals surface area (Å²) < 4.78 is 0.636. The smallest absolute Gasteiger partial charge is 0.337 e. The van der Waals surface area contributed by atoms with Crippen LogP contribution in [0.2, 0.25) is 0 Å². The quantitative estimate of drug-likeness (QED) is 0.572. The predicted molar refractivity (Wildman–Crippen MR) is 74.3 cm³/mol. The van der Waals surface area contributed by atoms with Gasteiger partial charge in [-0.3, -0.25) is 4.79 Å². The van der Waals surface area contributed by atoms with Gasteiger partial charge in [-0.15, -0.1) is 0 Å². The maximum Gasteiger partial charge on any atom is 0.337 e. The van der Waals surface area contributed by atoms with Crippen molar-refractivity contribution in [2.75, 3.05) is 5.33 Å². The second-order valence-electron chi connectivity index (χ2n) is 3.45. The molecule has 0 spiro atoms. The van der Waals surface area contributed by atoms with Gasteiger partial charge in [0.05, 0.1) is 5.33 Å². The summed E-state index contributed by atoms with van der Waals surface area (Å²) in [5.41, 5.74) is 1.15. The topological polar surface area (TPSA) is 74.6 Å². The first-order valence-corrected chi connectivity index (χ1v) is 6.92. The van der Waals surface area contributed by atoms with Gasteiger partial charge in [-0.1, -0.05) is 28.1 Å². The fraction of sp³-hybridized carbons (Fsp3) is 0.273. The van der Waals surface area contributed by atoms with Gasteiger partial charge in [-0.25, -0.2) is 4.79 Å². The van der Waals surface area contributed by atoms with Crippen molar-refractivity contribution in [3.63, 3.8) is 0 Å². The standard InChI is InChI=1S/C11H10BrIO4/c12-5-7(14)3-6-1-2-8(9(13)4-6)10(15)11(16)17/h1-2,4,10,15H,3,5H2,(H,16,17). The van der Waals surface area contributed by atoms with Crippen LogP contribution in [-0.2, 0) is 16.0 Å². The lowest BCUT2D eigenvalue weighted by atomic mass is 10.0. The molecule has 0 bridgehead atoms. The largest absolute Gasteiger partial charge is 0.479 e. The van der Waals surface area contributed by atoms with E-state index in [0.29, 0.717) is 20.9 Å². The Bertz CT molecular complexity index is 447. The third-order valence-electron chi connectivity index (χ3n) is 2.14. The Morgan fingerprint density at radius 3 is 2.53 bits per heavy atom. The van der Waals surface area contributed by atoms with E-state index in [0.717, 1.165) is 5.56 Å². The normalized spacial score (nSPS) is 12.2. The molecule has 0 aliphatic carbocycles. The van der Waals surface area contributed by atoms with Crippen molar-refractivity contribution in [3.05, 3.63) is 32.9 Å². The number of Topliss-reactive ketones (excluding diaryl/α,β-unsaturated/α-hetero) is 1. The molecule has 0 heterocycles. The van der Waals surface area contributed by atoms with Crippen LogP contribution in [0.5, 0.6) is 0 Å². The van der Waals surface area contributed by atoms with Gasteiger partial charge in [0, 0.05) is 15.6 Å². The molecular formula is C11H10BrIO4. The van der Waals surface area contributed by atoms with Gasteiger partial charge < -0.3 is 10.2 Å². The number of halogens is 2. The number of carboxylic acids is 1. The molecule has 1 rings (SSSR count). The number of carbonyl (C=O) groups excluding carboxylic acids is 1. The second kappa shape index (κ2) is 6.46. The Balaban J connectivity index is 2.94.